The minimum absolute atomic E-state index is 0.122. The van der Waals surface area contributed by atoms with Crippen molar-refractivity contribution in [3.8, 4) is 0 Å². The third-order valence-electron chi connectivity index (χ3n) is 2.70. The van der Waals surface area contributed by atoms with Crippen LogP contribution in [0.5, 0.6) is 0 Å². The van der Waals surface area contributed by atoms with Crippen LogP contribution >= 0.6 is 0 Å². The van der Waals surface area contributed by atoms with Crippen molar-refractivity contribution in [1.29, 1.82) is 0 Å². The van der Waals surface area contributed by atoms with Gasteiger partial charge >= 0.3 is 0 Å². The molecule has 1 fully saturated rings. The fourth-order valence-corrected chi connectivity index (χ4v) is 1.46. The van der Waals surface area contributed by atoms with E-state index in [4.69, 9.17) is 5.73 Å². The van der Waals surface area contributed by atoms with E-state index in [0.717, 1.165) is 18.7 Å². The predicted octanol–water partition coefficient (Wildman–Crippen LogP) is 0.577. The second kappa shape index (κ2) is 3.75. The lowest BCUT2D eigenvalue weighted by atomic mass is 10.2. The first-order chi connectivity index (χ1) is 7.53. The van der Waals surface area contributed by atoms with Gasteiger partial charge in [-0.3, -0.25) is 4.79 Å². The van der Waals surface area contributed by atoms with Crippen LogP contribution in [0.25, 0.3) is 0 Å². The van der Waals surface area contributed by atoms with Gasteiger partial charge in [0.15, 0.2) is 5.82 Å². The van der Waals surface area contributed by atoms with Crippen molar-refractivity contribution in [3.63, 3.8) is 0 Å². The highest BCUT2D eigenvalue weighted by molar-refractivity contribution is 6.01. The van der Waals surface area contributed by atoms with E-state index in [1.54, 1.807) is 12.3 Å². The first-order valence-corrected chi connectivity index (χ1v) is 5.26. The van der Waals surface area contributed by atoms with Crippen molar-refractivity contribution in [2.75, 3.05) is 24.3 Å². The van der Waals surface area contributed by atoms with E-state index in [-0.39, 0.29) is 5.91 Å². The number of anilines is 2. The molecule has 0 spiro atoms. The van der Waals surface area contributed by atoms with E-state index in [0.29, 0.717) is 5.69 Å². The summed E-state index contributed by atoms with van der Waals surface area (Å²) < 4.78 is 0. The number of nitrogens with two attached hydrogens (primary N) is 1. The molecule has 0 radical (unpaired) electrons. The monoisotopic (exact) mass is 220 g/mol. The minimum Gasteiger partial charge on any atom is -0.361 e. The Balaban J connectivity index is 2.17. The van der Waals surface area contributed by atoms with Crippen LogP contribution in [0.1, 0.15) is 12.8 Å². The zero-order valence-electron chi connectivity index (χ0n) is 9.53. The lowest BCUT2D eigenvalue weighted by Crippen LogP contribution is -2.38. The molecule has 0 unspecified atom stereocenters. The van der Waals surface area contributed by atoms with E-state index >= 15 is 0 Å². The van der Waals surface area contributed by atoms with Crippen LogP contribution in [0, 0.1) is 0 Å². The molecule has 1 heterocycles. The predicted molar refractivity (Wildman–Crippen MR) is 63.3 cm³/mol. The van der Waals surface area contributed by atoms with E-state index < -0.39 is 5.54 Å². The van der Waals surface area contributed by atoms with E-state index in [9.17, 15) is 4.79 Å². The van der Waals surface area contributed by atoms with Gasteiger partial charge in [-0.1, -0.05) is 0 Å². The molecule has 1 aromatic heterocycles. The van der Waals surface area contributed by atoms with Crippen LogP contribution < -0.4 is 16.0 Å². The molecule has 0 saturated heterocycles. The van der Waals surface area contributed by atoms with E-state index in [1.165, 1.54) is 0 Å². The average molecular weight is 220 g/mol. The normalized spacial score (nSPS) is 16.7. The highest BCUT2D eigenvalue weighted by atomic mass is 16.2. The van der Waals surface area contributed by atoms with Gasteiger partial charge in [0.1, 0.15) is 0 Å². The molecule has 0 aliphatic heterocycles. The number of carbonyl (C=O) groups excluding carboxylic acids is 1. The van der Waals surface area contributed by atoms with Crippen LogP contribution in [0.4, 0.5) is 11.5 Å². The Kier molecular flexibility index (Phi) is 2.55. The van der Waals surface area contributed by atoms with Crippen molar-refractivity contribution < 1.29 is 4.79 Å². The molecule has 86 valence electrons. The van der Waals surface area contributed by atoms with Crippen molar-refractivity contribution in [3.05, 3.63) is 18.3 Å². The molecule has 1 saturated carbocycles. The first kappa shape index (κ1) is 10.9. The zero-order valence-corrected chi connectivity index (χ0v) is 9.53. The molecular weight excluding hydrogens is 204 g/mol. The van der Waals surface area contributed by atoms with E-state index in [2.05, 4.69) is 10.3 Å². The Labute approximate surface area is 94.6 Å². The highest BCUT2D eigenvalue weighted by Gasteiger charge is 2.46. The number of hydrogen-bond acceptors (Lipinski definition) is 4. The molecule has 5 nitrogen and oxygen atoms in total. The maximum Gasteiger partial charge on any atom is 0.244 e. The van der Waals surface area contributed by atoms with E-state index in [1.807, 2.05) is 25.1 Å². The highest BCUT2D eigenvalue weighted by Crippen LogP contribution is 2.34. The standard InChI is InChI=1S/C11H16N4O/c1-15(2)9-8(4-3-7-13-9)14-10(16)11(12)5-6-11/h3-4,7H,5-6,12H2,1-2H3,(H,14,16). The average Bonchev–Trinajstić information content (AvgIpc) is 2.98. The largest absolute Gasteiger partial charge is 0.361 e. The summed E-state index contributed by atoms with van der Waals surface area (Å²) in [6.45, 7) is 0. The van der Waals surface area contributed by atoms with Crippen molar-refractivity contribution in [2.24, 2.45) is 5.73 Å². The first-order valence-electron chi connectivity index (χ1n) is 5.26. The molecule has 2 rings (SSSR count). The van der Waals surface area contributed by atoms with Crippen LogP contribution in [0.15, 0.2) is 18.3 Å². The van der Waals surface area contributed by atoms with Gasteiger partial charge < -0.3 is 16.0 Å². The number of rotatable bonds is 3. The van der Waals surface area contributed by atoms with Crippen molar-refractivity contribution in [1.82, 2.24) is 4.98 Å². The Morgan fingerprint density at radius 1 is 1.56 bits per heavy atom. The van der Waals surface area contributed by atoms with Crippen LogP contribution in [0.3, 0.4) is 0 Å². The minimum atomic E-state index is -0.653. The van der Waals surface area contributed by atoms with Crippen LogP contribution in [0.2, 0.25) is 0 Å². The van der Waals surface area contributed by atoms with Gasteiger partial charge in [0.05, 0.1) is 11.2 Å². The summed E-state index contributed by atoms with van der Waals surface area (Å²) in [7, 11) is 3.76. The molecule has 0 bridgehead atoms. The van der Waals surface area contributed by atoms with Gasteiger partial charge in [-0.2, -0.15) is 0 Å². The molecular formula is C11H16N4O. The molecule has 16 heavy (non-hydrogen) atoms. The molecule has 5 heteroatoms. The third-order valence-corrected chi connectivity index (χ3v) is 2.70. The van der Waals surface area contributed by atoms with Crippen molar-refractivity contribution >= 4 is 17.4 Å². The Morgan fingerprint density at radius 2 is 2.25 bits per heavy atom. The smallest absolute Gasteiger partial charge is 0.244 e. The maximum absolute atomic E-state index is 11.8. The Bertz CT molecular complexity index is 412. The lowest BCUT2D eigenvalue weighted by Gasteiger charge is -2.17. The summed E-state index contributed by atoms with van der Waals surface area (Å²) in [5.41, 5.74) is 5.87. The number of carbonyl (C=O) groups is 1. The number of aromatic nitrogens is 1. The number of pyridine rings is 1. The van der Waals surface area contributed by atoms with Gasteiger partial charge in [0.25, 0.3) is 0 Å². The number of amides is 1. The number of hydrogen-bond donors (Lipinski definition) is 2. The summed E-state index contributed by atoms with van der Waals surface area (Å²) in [5, 5.41) is 2.83. The Morgan fingerprint density at radius 3 is 2.81 bits per heavy atom. The quantitative estimate of drug-likeness (QED) is 0.781. The van der Waals surface area contributed by atoms with Gasteiger partial charge in [-0.15, -0.1) is 0 Å². The zero-order chi connectivity index (χ0) is 11.8. The molecule has 1 amide bonds. The lowest BCUT2D eigenvalue weighted by molar-refractivity contribution is -0.118. The fraction of sp³-hybridized carbons (Fsp3) is 0.455. The van der Waals surface area contributed by atoms with Crippen molar-refractivity contribution in [2.45, 2.75) is 18.4 Å². The summed E-state index contributed by atoms with van der Waals surface area (Å²) in [6.07, 6.45) is 3.22. The maximum atomic E-state index is 11.8. The molecule has 1 aromatic rings. The fourth-order valence-electron chi connectivity index (χ4n) is 1.46. The molecule has 1 aliphatic rings. The topological polar surface area (TPSA) is 71.2 Å². The molecule has 0 aromatic carbocycles. The van der Waals surface area contributed by atoms with Gasteiger partial charge in [0.2, 0.25) is 5.91 Å². The van der Waals surface area contributed by atoms with Crippen LogP contribution in [-0.2, 0) is 4.79 Å². The number of nitrogens with one attached hydrogen (secondary N) is 1. The molecule has 1 aliphatic carbocycles. The Hall–Kier alpha value is -1.62. The second-order valence-electron chi connectivity index (χ2n) is 4.38. The second-order valence-corrected chi connectivity index (χ2v) is 4.38. The van der Waals surface area contributed by atoms with Gasteiger partial charge in [0, 0.05) is 20.3 Å². The summed E-state index contributed by atoms with van der Waals surface area (Å²) >= 11 is 0. The number of nitrogens with zero attached hydrogens (tertiary/aromatic N) is 2. The molecule has 3 N–H and O–H groups in total. The third kappa shape index (κ3) is 1.99. The summed E-state index contributed by atoms with van der Waals surface area (Å²) in [6, 6.07) is 3.62. The van der Waals surface area contributed by atoms with Gasteiger partial charge in [-0.05, 0) is 25.0 Å². The summed E-state index contributed by atoms with van der Waals surface area (Å²) in [5.74, 6) is 0.615. The van der Waals surface area contributed by atoms with Gasteiger partial charge in [-0.25, -0.2) is 4.98 Å². The summed E-state index contributed by atoms with van der Waals surface area (Å²) in [4.78, 5) is 17.8. The molecule has 0 atom stereocenters. The van der Waals surface area contributed by atoms with Crippen LogP contribution in [-0.4, -0.2) is 30.5 Å². The SMILES string of the molecule is CN(C)c1ncccc1NC(=O)C1(N)CC1.